The zero-order valence-corrected chi connectivity index (χ0v) is 11.5. The van der Waals surface area contributed by atoms with E-state index in [9.17, 15) is 9.90 Å². The minimum absolute atomic E-state index is 0.239. The van der Waals surface area contributed by atoms with Crippen LogP contribution in [0, 0.1) is 5.41 Å². The van der Waals surface area contributed by atoms with Crippen molar-refractivity contribution < 1.29 is 14.4 Å². The van der Waals surface area contributed by atoms with Gasteiger partial charge >= 0.3 is 5.97 Å². The molecule has 0 amide bonds. The average Bonchev–Trinajstić information content (AvgIpc) is 2.94. The predicted octanol–water partition coefficient (Wildman–Crippen LogP) is 2.57. The molecule has 106 valence electrons. The lowest BCUT2D eigenvalue weighted by Gasteiger charge is -2.24. The summed E-state index contributed by atoms with van der Waals surface area (Å²) in [6.07, 6.45) is 4.57. The summed E-state index contributed by atoms with van der Waals surface area (Å²) >= 11 is 0. The predicted molar refractivity (Wildman–Crippen MR) is 71.9 cm³/mol. The van der Waals surface area contributed by atoms with Gasteiger partial charge in [0, 0.05) is 24.4 Å². The first-order chi connectivity index (χ1) is 9.61. The van der Waals surface area contributed by atoms with Crippen molar-refractivity contribution in [3.05, 3.63) is 30.4 Å². The Hall–Kier alpha value is -2.24. The van der Waals surface area contributed by atoms with Crippen LogP contribution in [0.2, 0.25) is 0 Å². The maximum absolute atomic E-state index is 11.5. The van der Waals surface area contributed by atoms with Crippen molar-refractivity contribution in [2.45, 2.75) is 33.1 Å². The SMILES string of the molecule is CCC(CC)(Cc1nc(-c2cccnc2)no1)C(=O)O. The third-order valence-corrected chi connectivity index (χ3v) is 3.68. The smallest absolute Gasteiger partial charge is 0.310 e. The number of rotatable bonds is 6. The number of carbonyl (C=O) groups is 1. The Labute approximate surface area is 116 Å². The van der Waals surface area contributed by atoms with E-state index in [-0.39, 0.29) is 6.42 Å². The van der Waals surface area contributed by atoms with Crippen LogP contribution in [0.15, 0.2) is 29.0 Å². The average molecular weight is 275 g/mol. The fraction of sp³-hybridized carbons (Fsp3) is 0.429. The van der Waals surface area contributed by atoms with Crippen LogP contribution in [0.4, 0.5) is 0 Å². The van der Waals surface area contributed by atoms with Gasteiger partial charge in [0.05, 0.1) is 5.41 Å². The fourth-order valence-corrected chi connectivity index (χ4v) is 2.11. The first kappa shape index (κ1) is 14.2. The van der Waals surface area contributed by atoms with Gasteiger partial charge in [-0.15, -0.1) is 0 Å². The minimum atomic E-state index is -0.848. The van der Waals surface area contributed by atoms with Crippen LogP contribution in [0.25, 0.3) is 11.4 Å². The van der Waals surface area contributed by atoms with Gasteiger partial charge in [-0.2, -0.15) is 4.98 Å². The maximum atomic E-state index is 11.5. The van der Waals surface area contributed by atoms with E-state index in [1.54, 1.807) is 18.5 Å². The second kappa shape index (κ2) is 5.81. The number of aromatic nitrogens is 3. The Morgan fingerprint density at radius 2 is 2.15 bits per heavy atom. The van der Waals surface area contributed by atoms with Gasteiger partial charge in [-0.3, -0.25) is 9.78 Å². The van der Waals surface area contributed by atoms with Crippen molar-refractivity contribution >= 4 is 5.97 Å². The molecule has 0 spiro atoms. The number of hydrogen-bond donors (Lipinski definition) is 1. The number of carboxylic acid groups (broad SMARTS) is 1. The van der Waals surface area contributed by atoms with Gasteiger partial charge in [-0.25, -0.2) is 0 Å². The van der Waals surface area contributed by atoms with Crippen molar-refractivity contribution in [1.29, 1.82) is 0 Å². The van der Waals surface area contributed by atoms with Gasteiger partial charge in [-0.05, 0) is 25.0 Å². The van der Waals surface area contributed by atoms with Crippen LogP contribution < -0.4 is 0 Å². The van der Waals surface area contributed by atoms with Crippen LogP contribution >= 0.6 is 0 Å². The Morgan fingerprint density at radius 1 is 1.40 bits per heavy atom. The molecule has 0 radical (unpaired) electrons. The molecule has 2 aromatic heterocycles. The highest BCUT2D eigenvalue weighted by Gasteiger charge is 2.37. The molecule has 6 nitrogen and oxygen atoms in total. The molecule has 0 bridgehead atoms. The highest BCUT2D eigenvalue weighted by Crippen LogP contribution is 2.31. The molecule has 0 saturated heterocycles. The molecule has 2 aromatic rings. The van der Waals surface area contributed by atoms with E-state index in [2.05, 4.69) is 15.1 Å². The van der Waals surface area contributed by atoms with E-state index in [0.717, 1.165) is 5.56 Å². The second-order valence-electron chi connectivity index (χ2n) is 4.72. The minimum Gasteiger partial charge on any atom is -0.481 e. The number of aliphatic carboxylic acids is 1. The summed E-state index contributed by atoms with van der Waals surface area (Å²) in [7, 11) is 0. The topological polar surface area (TPSA) is 89.1 Å². The monoisotopic (exact) mass is 275 g/mol. The second-order valence-corrected chi connectivity index (χ2v) is 4.72. The summed E-state index contributed by atoms with van der Waals surface area (Å²) in [4.78, 5) is 19.7. The van der Waals surface area contributed by atoms with Crippen molar-refractivity contribution in [3.63, 3.8) is 0 Å². The first-order valence-corrected chi connectivity index (χ1v) is 6.57. The Balaban J connectivity index is 2.23. The molecule has 0 aliphatic heterocycles. The zero-order chi connectivity index (χ0) is 14.6. The zero-order valence-electron chi connectivity index (χ0n) is 11.5. The van der Waals surface area contributed by atoms with E-state index in [1.807, 2.05) is 19.9 Å². The Morgan fingerprint density at radius 3 is 2.70 bits per heavy atom. The van der Waals surface area contributed by atoms with Crippen molar-refractivity contribution in [1.82, 2.24) is 15.1 Å². The van der Waals surface area contributed by atoms with Gasteiger partial charge in [0.2, 0.25) is 11.7 Å². The quantitative estimate of drug-likeness (QED) is 0.871. The fourth-order valence-electron chi connectivity index (χ4n) is 2.11. The molecular formula is C14H17N3O3. The molecule has 0 unspecified atom stereocenters. The van der Waals surface area contributed by atoms with Gasteiger partial charge in [0.25, 0.3) is 0 Å². The lowest BCUT2D eigenvalue weighted by molar-refractivity contribution is -0.149. The maximum Gasteiger partial charge on any atom is 0.310 e. The molecule has 2 heterocycles. The number of pyridine rings is 1. The van der Waals surface area contributed by atoms with Crippen molar-refractivity contribution in [3.8, 4) is 11.4 Å². The number of hydrogen-bond acceptors (Lipinski definition) is 5. The molecular weight excluding hydrogens is 258 g/mol. The summed E-state index contributed by atoms with van der Waals surface area (Å²) in [5.74, 6) is -0.0572. The summed E-state index contributed by atoms with van der Waals surface area (Å²) in [5, 5.41) is 13.3. The van der Waals surface area contributed by atoms with Gasteiger partial charge in [-0.1, -0.05) is 19.0 Å². The third-order valence-electron chi connectivity index (χ3n) is 3.68. The third kappa shape index (κ3) is 2.68. The standard InChI is InChI=1S/C14H17N3O3/c1-3-14(4-2,13(18)19)8-11-16-12(17-20-11)10-6-5-7-15-9-10/h5-7,9H,3-4,8H2,1-2H3,(H,18,19). The molecule has 2 rings (SSSR count). The largest absolute Gasteiger partial charge is 0.481 e. The lowest BCUT2D eigenvalue weighted by Crippen LogP contribution is -2.32. The molecule has 0 atom stereocenters. The van der Waals surface area contributed by atoms with E-state index in [0.29, 0.717) is 24.6 Å². The van der Waals surface area contributed by atoms with Crippen molar-refractivity contribution in [2.75, 3.05) is 0 Å². The van der Waals surface area contributed by atoms with Gasteiger partial charge < -0.3 is 9.63 Å². The van der Waals surface area contributed by atoms with Crippen LogP contribution in [0.1, 0.15) is 32.6 Å². The molecule has 1 N–H and O–H groups in total. The van der Waals surface area contributed by atoms with Crippen LogP contribution in [0.5, 0.6) is 0 Å². The first-order valence-electron chi connectivity index (χ1n) is 6.57. The normalized spacial score (nSPS) is 11.5. The van der Waals surface area contributed by atoms with Crippen LogP contribution in [-0.4, -0.2) is 26.2 Å². The van der Waals surface area contributed by atoms with E-state index in [4.69, 9.17) is 4.52 Å². The molecule has 0 aromatic carbocycles. The Kier molecular flexibility index (Phi) is 4.12. The van der Waals surface area contributed by atoms with E-state index in [1.165, 1.54) is 0 Å². The highest BCUT2D eigenvalue weighted by atomic mass is 16.5. The highest BCUT2D eigenvalue weighted by molar-refractivity contribution is 5.74. The molecule has 20 heavy (non-hydrogen) atoms. The van der Waals surface area contributed by atoms with Gasteiger partial charge in [0.1, 0.15) is 0 Å². The number of nitrogens with zero attached hydrogens (tertiary/aromatic N) is 3. The molecule has 0 saturated carbocycles. The summed E-state index contributed by atoms with van der Waals surface area (Å²) in [6.45, 7) is 3.71. The van der Waals surface area contributed by atoms with E-state index >= 15 is 0 Å². The molecule has 6 heteroatoms. The molecule has 0 aliphatic carbocycles. The van der Waals surface area contributed by atoms with E-state index < -0.39 is 11.4 Å². The van der Waals surface area contributed by atoms with Crippen molar-refractivity contribution in [2.24, 2.45) is 5.41 Å². The summed E-state index contributed by atoms with van der Waals surface area (Å²) in [5.41, 5.74) is -0.102. The van der Waals surface area contributed by atoms with Gasteiger partial charge in [0.15, 0.2) is 0 Å². The lowest BCUT2D eigenvalue weighted by atomic mass is 9.79. The van der Waals surface area contributed by atoms with Crippen LogP contribution in [-0.2, 0) is 11.2 Å². The summed E-state index contributed by atoms with van der Waals surface area (Å²) < 4.78 is 5.18. The summed E-state index contributed by atoms with van der Waals surface area (Å²) in [6, 6.07) is 3.61. The van der Waals surface area contributed by atoms with Crippen LogP contribution in [0.3, 0.4) is 0 Å². The molecule has 0 fully saturated rings. The Bertz CT molecular complexity index is 576. The number of carboxylic acids is 1. The molecule has 0 aliphatic rings.